The SMILES string of the molecule is COCCn1c(C)cc2c(c1=O)[C@@H](c1cccc([N+](=O)[O-])c1)C(C#N)=C(N)O2. The average molecular weight is 382 g/mol. The molecule has 2 N–H and O–H groups in total. The van der Waals surface area contributed by atoms with Crippen LogP contribution in [-0.2, 0) is 11.3 Å². The van der Waals surface area contributed by atoms with Crippen LogP contribution in [0.5, 0.6) is 5.75 Å². The maximum absolute atomic E-state index is 13.2. The highest BCUT2D eigenvalue weighted by atomic mass is 16.6. The smallest absolute Gasteiger partial charge is 0.269 e. The van der Waals surface area contributed by atoms with Gasteiger partial charge in [-0.3, -0.25) is 14.9 Å². The molecule has 1 aliphatic heterocycles. The summed E-state index contributed by atoms with van der Waals surface area (Å²) < 4.78 is 12.1. The summed E-state index contributed by atoms with van der Waals surface area (Å²) in [6.45, 7) is 2.39. The summed E-state index contributed by atoms with van der Waals surface area (Å²) in [4.78, 5) is 23.9. The standard InChI is InChI=1S/C19H18N4O5/c1-11-8-15-17(19(24)22(11)6-7-27-2)16(14(10-20)18(21)28-15)12-4-3-5-13(9-12)23(25)26/h3-5,8-9,16H,6-7,21H2,1-2H3/t16-/m0/s1. The van der Waals surface area contributed by atoms with Crippen molar-refractivity contribution in [1.82, 2.24) is 4.57 Å². The molecule has 28 heavy (non-hydrogen) atoms. The number of hydrogen-bond acceptors (Lipinski definition) is 7. The Morgan fingerprint density at radius 2 is 2.18 bits per heavy atom. The zero-order valence-electron chi connectivity index (χ0n) is 15.3. The van der Waals surface area contributed by atoms with Crippen LogP contribution in [0.1, 0.15) is 22.7 Å². The van der Waals surface area contributed by atoms with Crippen LogP contribution in [-0.4, -0.2) is 23.2 Å². The van der Waals surface area contributed by atoms with E-state index in [1.807, 2.05) is 6.07 Å². The predicted molar refractivity (Wildman–Crippen MR) is 99.7 cm³/mol. The van der Waals surface area contributed by atoms with Crippen LogP contribution in [0, 0.1) is 28.4 Å². The lowest BCUT2D eigenvalue weighted by Gasteiger charge is -2.27. The normalized spacial score (nSPS) is 15.5. The fraction of sp³-hybridized carbons (Fsp3) is 0.263. The number of methoxy groups -OCH3 is 1. The second kappa shape index (κ2) is 7.54. The highest BCUT2D eigenvalue weighted by Crippen LogP contribution is 2.41. The van der Waals surface area contributed by atoms with Crippen molar-refractivity contribution in [3.63, 3.8) is 0 Å². The van der Waals surface area contributed by atoms with Crippen molar-refractivity contribution in [3.8, 4) is 11.8 Å². The van der Waals surface area contributed by atoms with Crippen LogP contribution in [0.3, 0.4) is 0 Å². The minimum absolute atomic E-state index is 0.0345. The molecule has 2 heterocycles. The molecule has 0 spiro atoms. The van der Waals surface area contributed by atoms with Crippen LogP contribution in [0.25, 0.3) is 0 Å². The van der Waals surface area contributed by atoms with Gasteiger partial charge in [-0.15, -0.1) is 0 Å². The largest absolute Gasteiger partial charge is 0.440 e. The van der Waals surface area contributed by atoms with Gasteiger partial charge in [0.15, 0.2) is 0 Å². The lowest BCUT2D eigenvalue weighted by atomic mass is 9.84. The topological polar surface area (TPSA) is 133 Å². The van der Waals surface area contributed by atoms with Crippen molar-refractivity contribution >= 4 is 5.69 Å². The summed E-state index contributed by atoms with van der Waals surface area (Å²) in [5.74, 6) is -0.750. The Morgan fingerprint density at radius 3 is 2.82 bits per heavy atom. The second-order valence-corrected chi connectivity index (χ2v) is 6.29. The molecule has 2 aromatic rings. The van der Waals surface area contributed by atoms with E-state index < -0.39 is 10.8 Å². The number of nitrogens with two attached hydrogens (primary N) is 1. The Kier molecular flexibility index (Phi) is 5.15. The summed E-state index contributed by atoms with van der Waals surface area (Å²) in [5, 5.41) is 20.8. The van der Waals surface area contributed by atoms with E-state index in [9.17, 15) is 20.2 Å². The van der Waals surface area contributed by atoms with Crippen molar-refractivity contribution in [2.24, 2.45) is 5.73 Å². The van der Waals surface area contributed by atoms with E-state index in [0.29, 0.717) is 24.4 Å². The number of allylic oxidation sites excluding steroid dienone is 1. The van der Waals surface area contributed by atoms with E-state index in [1.165, 1.54) is 29.9 Å². The third kappa shape index (κ3) is 3.21. The molecule has 0 saturated carbocycles. The fourth-order valence-corrected chi connectivity index (χ4v) is 3.30. The number of nitriles is 1. The maximum Gasteiger partial charge on any atom is 0.269 e. The van der Waals surface area contributed by atoms with Gasteiger partial charge in [-0.05, 0) is 12.5 Å². The van der Waals surface area contributed by atoms with Gasteiger partial charge < -0.3 is 19.8 Å². The Hall–Kier alpha value is -3.64. The number of non-ortho nitro benzene ring substituents is 1. The van der Waals surface area contributed by atoms with Crippen LogP contribution >= 0.6 is 0 Å². The van der Waals surface area contributed by atoms with E-state index in [2.05, 4.69) is 0 Å². The molecule has 9 nitrogen and oxygen atoms in total. The molecule has 0 amide bonds. The lowest BCUT2D eigenvalue weighted by Crippen LogP contribution is -2.33. The Labute approximate surface area is 160 Å². The average Bonchev–Trinajstić information content (AvgIpc) is 2.67. The number of pyridine rings is 1. The molecule has 0 aliphatic carbocycles. The Bertz CT molecular complexity index is 1080. The van der Waals surface area contributed by atoms with Crippen LogP contribution in [0.15, 0.2) is 46.6 Å². The van der Waals surface area contributed by atoms with E-state index in [1.54, 1.807) is 19.1 Å². The Balaban J connectivity index is 2.28. The number of rotatable bonds is 5. The zero-order chi connectivity index (χ0) is 20.4. The van der Waals surface area contributed by atoms with Crippen molar-refractivity contribution in [2.75, 3.05) is 13.7 Å². The summed E-state index contributed by atoms with van der Waals surface area (Å²) in [7, 11) is 1.53. The minimum Gasteiger partial charge on any atom is -0.440 e. The quantitative estimate of drug-likeness (QED) is 0.617. The number of nitrogens with zero attached hydrogens (tertiary/aromatic N) is 3. The highest BCUT2D eigenvalue weighted by Gasteiger charge is 2.34. The number of ether oxygens (including phenoxy) is 2. The van der Waals surface area contributed by atoms with E-state index in [-0.39, 0.29) is 34.0 Å². The second-order valence-electron chi connectivity index (χ2n) is 6.29. The molecule has 0 bridgehead atoms. The molecule has 3 rings (SSSR count). The summed E-state index contributed by atoms with van der Waals surface area (Å²) >= 11 is 0. The lowest BCUT2D eigenvalue weighted by molar-refractivity contribution is -0.384. The summed E-state index contributed by atoms with van der Waals surface area (Å²) in [6, 6.07) is 9.45. The van der Waals surface area contributed by atoms with E-state index >= 15 is 0 Å². The number of aromatic nitrogens is 1. The van der Waals surface area contributed by atoms with Gasteiger partial charge in [0.2, 0.25) is 5.88 Å². The van der Waals surface area contributed by atoms with Gasteiger partial charge in [-0.2, -0.15) is 5.26 Å². The first-order valence-electron chi connectivity index (χ1n) is 8.44. The third-order valence-corrected chi connectivity index (χ3v) is 4.62. The molecule has 0 unspecified atom stereocenters. The number of hydrogen-bond donors (Lipinski definition) is 1. The van der Waals surface area contributed by atoms with Crippen molar-refractivity contribution < 1.29 is 14.4 Å². The van der Waals surface area contributed by atoms with Gasteiger partial charge in [0.1, 0.15) is 17.4 Å². The van der Waals surface area contributed by atoms with Gasteiger partial charge in [-0.25, -0.2) is 0 Å². The molecule has 1 atom stereocenters. The van der Waals surface area contributed by atoms with Gasteiger partial charge in [-0.1, -0.05) is 12.1 Å². The first kappa shape index (κ1) is 19.1. The van der Waals surface area contributed by atoms with Gasteiger partial charge in [0, 0.05) is 37.5 Å². The van der Waals surface area contributed by atoms with Crippen LogP contribution < -0.4 is 16.0 Å². The minimum atomic E-state index is -0.865. The van der Waals surface area contributed by atoms with E-state index in [0.717, 1.165) is 0 Å². The molecule has 1 aromatic heterocycles. The third-order valence-electron chi connectivity index (χ3n) is 4.62. The predicted octanol–water partition coefficient (Wildman–Crippen LogP) is 1.93. The molecular weight excluding hydrogens is 364 g/mol. The number of nitro benzene ring substituents is 1. The Morgan fingerprint density at radius 1 is 1.43 bits per heavy atom. The van der Waals surface area contributed by atoms with Gasteiger partial charge >= 0.3 is 0 Å². The van der Waals surface area contributed by atoms with Gasteiger partial charge in [0.05, 0.1) is 23.0 Å². The van der Waals surface area contributed by atoms with Crippen molar-refractivity contribution in [1.29, 1.82) is 5.26 Å². The summed E-state index contributed by atoms with van der Waals surface area (Å²) in [5.41, 5.74) is 6.73. The molecule has 9 heteroatoms. The van der Waals surface area contributed by atoms with Crippen molar-refractivity contribution in [3.05, 3.63) is 79.1 Å². The number of benzene rings is 1. The first-order chi connectivity index (χ1) is 13.4. The molecule has 144 valence electrons. The number of nitro groups is 1. The number of fused-ring (bicyclic) bond motifs is 1. The fourth-order valence-electron chi connectivity index (χ4n) is 3.30. The number of aryl methyl sites for hydroxylation is 1. The van der Waals surface area contributed by atoms with Crippen LogP contribution in [0.4, 0.5) is 5.69 Å². The first-order valence-corrected chi connectivity index (χ1v) is 8.44. The van der Waals surface area contributed by atoms with E-state index in [4.69, 9.17) is 15.2 Å². The zero-order valence-corrected chi connectivity index (χ0v) is 15.3. The summed E-state index contributed by atoms with van der Waals surface area (Å²) in [6.07, 6.45) is 0. The van der Waals surface area contributed by atoms with Crippen LogP contribution in [0.2, 0.25) is 0 Å². The molecule has 0 saturated heterocycles. The molecular formula is C19H18N4O5. The molecule has 0 radical (unpaired) electrons. The van der Waals surface area contributed by atoms with Gasteiger partial charge in [0.25, 0.3) is 11.2 Å². The van der Waals surface area contributed by atoms with Crippen molar-refractivity contribution in [2.45, 2.75) is 19.4 Å². The molecule has 1 aliphatic rings. The molecule has 0 fully saturated rings. The highest BCUT2D eigenvalue weighted by molar-refractivity contribution is 5.56. The molecule has 1 aromatic carbocycles. The maximum atomic E-state index is 13.2. The monoisotopic (exact) mass is 382 g/mol.